The number of nitrogens with zero attached hydrogens (tertiary/aromatic N) is 2. The summed E-state index contributed by atoms with van der Waals surface area (Å²) in [4.78, 5) is 28.8. The first-order chi connectivity index (χ1) is 9.58. The summed E-state index contributed by atoms with van der Waals surface area (Å²) in [5, 5.41) is 22.2. The highest BCUT2D eigenvalue weighted by Crippen LogP contribution is 2.20. The number of phenolic OH excluding ortho intramolecular Hbond substituents is 2. The molecule has 0 saturated heterocycles. The monoisotopic (exact) mass is 274 g/mol. The lowest BCUT2D eigenvalue weighted by molar-refractivity contribution is 0.0953. The van der Waals surface area contributed by atoms with E-state index in [1.165, 1.54) is 18.3 Å². The molecule has 1 aromatic carbocycles. The van der Waals surface area contributed by atoms with Crippen molar-refractivity contribution in [2.45, 2.75) is 0 Å². The minimum atomic E-state index is -0.728. The van der Waals surface area contributed by atoms with Gasteiger partial charge in [0.05, 0.1) is 12.5 Å². The molecule has 2 aromatic rings. The summed E-state index contributed by atoms with van der Waals surface area (Å²) < 4.78 is 0. The first-order valence-electron chi connectivity index (χ1n) is 5.46. The van der Waals surface area contributed by atoms with Crippen LogP contribution >= 0.6 is 0 Å². The minimum absolute atomic E-state index is 0.0921. The zero-order valence-corrected chi connectivity index (χ0v) is 10.1. The molecule has 0 aliphatic carbocycles. The molecule has 1 aromatic heterocycles. The number of H-pyrrole nitrogens is 1. The Balaban J connectivity index is 2.09. The molecule has 0 radical (unpaired) electrons. The maximum absolute atomic E-state index is 11.6. The summed E-state index contributed by atoms with van der Waals surface area (Å²) in [5.74, 6) is -1.01. The topological polar surface area (TPSA) is 128 Å². The smallest absolute Gasteiger partial charge is 0.278 e. The molecule has 8 heteroatoms. The largest absolute Gasteiger partial charge is 0.508 e. The zero-order valence-electron chi connectivity index (χ0n) is 10.1. The molecule has 2 rings (SSSR count). The van der Waals surface area contributed by atoms with Crippen LogP contribution in [-0.2, 0) is 0 Å². The van der Waals surface area contributed by atoms with Crippen molar-refractivity contribution in [3.05, 3.63) is 52.2 Å². The first-order valence-corrected chi connectivity index (χ1v) is 5.46. The number of hydrogen-bond acceptors (Lipinski definition) is 6. The Labute approximate surface area is 112 Å². The minimum Gasteiger partial charge on any atom is -0.508 e. The van der Waals surface area contributed by atoms with Gasteiger partial charge in [-0.15, -0.1) is 0 Å². The van der Waals surface area contributed by atoms with Crippen molar-refractivity contribution < 1.29 is 15.0 Å². The van der Waals surface area contributed by atoms with Crippen molar-refractivity contribution in [1.29, 1.82) is 0 Å². The molecule has 0 aliphatic rings. The summed E-state index contributed by atoms with van der Waals surface area (Å²) >= 11 is 0. The summed E-state index contributed by atoms with van der Waals surface area (Å²) in [5.41, 5.74) is 1.66. The molecule has 0 fully saturated rings. The van der Waals surface area contributed by atoms with Gasteiger partial charge in [0.2, 0.25) is 0 Å². The van der Waals surface area contributed by atoms with Crippen LogP contribution in [-0.4, -0.2) is 32.3 Å². The van der Waals surface area contributed by atoms with Crippen LogP contribution in [0, 0.1) is 0 Å². The fourth-order valence-corrected chi connectivity index (χ4v) is 1.37. The lowest BCUT2D eigenvalue weighted by Gasteiger charge is -2.00. The number of nitrogens with one attached hydrogen (secondary N) is 2. The molecule has 4 N–H and O–H groups in total. The Morgan fingerprint density at radius 1 is 1.40 bits per heavy atom. The number of hydrogen-bond donors (Lipinski definition) is 4. The van der Waals surface area contributed by atoms with E-state index in [0.717, 1.165) is 18.6 Å². The Kier molecular flexibility index (Phi) is 3.75. The second kappa shape index (κ2) is 5.65. The highest BCUT2D eigenvalue weighted by atomic mass is 16.3. The summed E-state index contributed by atoms with van der Waals surface area (Å²) in [7, 11) is 0. The Hall–Kier alpha value is -3.16. The SMILES string of the molecule is O=C(N/N=C\c1ccc(O)cc1O)c1cnc[nH]c1=O. The molecular formula is C12H10N4O4. The van der Waals surface area contributed by atoms with Crippen LogP contribution in [0.4, 0.5) is 0 Å². The van der Waals surface area contributed by atoms with E-state index in [9.17, 15) is 14.7 Å². The van der Waals surface area contributed by atoms with E-state index in [4.69, 9.17) is 5.11 Å². The molecule has 8 nitrogen and oxygen atoms in total. The first kappa shape index (κ1) is 13.3. The summed E-state index contributed by atoms with van der Waals surface area (Å²) in [6.07, 6.45) is 3.45. The molecule has 0 unspecified atom stereocenters. The van der Waals surface area contributed by atoms with Crippen LogP contribution in [0.2, 0.25) is 0 Å². The third kappa shape index (κ3) is 2.99. The van der Waals surface area contributed by atoms with Gasteiger partial charge in [-0.2, -0.15) is 5.10 Å². The molecule has 20 heavy (non-hydrogen) atoms. The molecule has 0 atom stereocenters. The van der Waals surface area contributed by atoms with E-state index in [1.807, 2.05) is 0 Å². The second-order valence-electron chi connectivity index (χ2n) is 3.74. The van der Waals surface area contributed by atoms with Crippen molar-refractivity contribution in [3.63, 3.8) is 0 Å². The number of hydrazone groups is 1. The summed E-state index contributed by atoms with van der Waals surface area (Å²) in [6, 6.07) is 3.90. The Morgan fingerprint density at radius 3 is 2.90 bits per heavy atom. The standard InChI is InChI=1S/C12H10N4O4/c17-8-2-1-7(10(18)3-8)4-15-16-12(20)9-5-13-6-14-11(9)19/h1-6,17-18H,(H,16,20)(H,13,14,19)/b15-4-. The van der Waals surface area contributed by atoms with Crippen LogP contribution < -0.4 is 11.0 Å². The van der Waals surface area contributed by atoms with Crippen LogP contribution in [0.5, 0.6) is 11.5 Å². The maximum Gasteiger partial charge on any atom is 0.278 e. The molecular weight excluding hydrogens is 264 g/mol. The number of rotatable bonds is 3. The van der Waals surface area contributed by atoms with Gasteiger partial charge in [0.1, 0.15) is 17.1 Å². The number of phenols is 2. The maximum atomic E-state index is 11.6. The van der Waals surface area contributed by atoms with Crippen molar-refractivity contribution in [3.8, 4) is 11.5 Å². The van der Waals surface area contributed by atoms with Crippen LogP contribution in [0.1, 0.15) is 15.9 Å². The van der Waals surface area contributed by atoms with E-state index < -0.39 is 11.5 Å². The molecule has 1 heterocycles. The number of amides is 1. The lowest BCUT2D eigenvalue weighted by Crippen LogP contribution is -2.26. The van der Waals surface area contributed by atoms with E-state index in [-0.39, 0.29) is 17.1 Å². The zero-order chi connectivity index (χ0) is 14.5. The van der Waals surface area contributed by atoms with Crippen molar-refractivity contribution in [1.82, 2.24) is 15.4 Å². The van der Waals surface area contributed by atoms with E-state index in [1.54, 1.807) is 0 Å². The Morgan fingerprint density at radius 2 is 2.20 bits per heavy atom. The van der Waals surface area contributed by atoms with Gasteiger partial charge in [-0.25, -0.2) is 10.4 Å². The second-order valence-corrected chi connectivity index (χ2v) is 3.74. The molecule has 102 valence electrons. The average molecular weight is 274 g/mol. The molecule has 0 saturated carbocycles. The van der Waals surface area contributed by atoms with Gasteiger partial charge < -0.3 is 15.2 Å². The molecule has 0 aliphatic heterocycles. The van der Waals surface area contributed by atoms with E-state index in [0.29, 0.717) is 5.56 Å². The van der Waals surface area contributed by atoms with Gasteiger partial charge in [0.15, 0.2) is 0 Å². The van der Waals surface area contributed by atoms with E-state index >= 15 is 0 Å². The fourth-order valence-electron chi connectivity index (χ4n) is 1.37. The van der Waals surface area contributed by atoms with Gasteiger partial charge in [0.25, 0.3) is 11.5 Å². The Bertz CT molecular complexity index is 723. The van der Waals surface area contributed by atoms with Crippen molar-refractivity contribution >= 4 is 12.1 Å². The lowest BCUT2D eigenvalue weighted by atomic mass is 10.2. The quantitative estimate of drug-likeness (QED) is 0.460. The van der Waals surface area contributed by atoms with Crippen LogP contribution in [0.3, 0.4) is 0 Å². The molecule has 1 amide bonds. The number of aromatic hydroxyl groups is 2. The number of aromatic nitrogens is 2. The van der Waals surface area contributed by atoms with Crippen LogP contribution in [0.15, 0.2) is 40.6 Å². The van der Waals surface area contributed by atoms with Gasteiger partial charge >= 0.3 is 0 Å². The van der Waals surface area contributed by atoms with Crippen molar-refractivity contribution in [2.24, 2.45) is 5.10 Å². The highest BCUT2D eigenvalue weighted by molar-refractivity contribution is 5.94. The number of benzene rings is 1. The molecule has 0 bridgehead atoms. The third-order valence-electron chi connectivity index (χ3n) is 2.35. The predicted octanol–water partition coefficient (Wildman–Crippen LogP) is -0.0550. The fraction of sp³-hybridized carbons (Fsp3) is 0. The molecule has 0 spiro atoms. The number of carbonyl (C=O) groups is 1. The highest BCUT2D eigenvalue weighted by Gasteiger charge is 2.08. The van der Waals surface area contributed by atoms with Gasteiger partial charge in [-0.05, 0) is 12.1 Å². The summed E-state index contributed by atoms with van der Waals surface area (Å²) in [6.45, 7) is 0. The third-order valence-corrected chi connectivity index (χ3v) is 2.35. The van der Waals surface area contributed by atoms with Gasteiger partial charge in [0, 0.05) is 17.8 Å². The predicted molar refractivity (Wildman–Crippen MR) is 69.7 cm³/mol. The van der Waals surface area contributed by atoms with E-state index in [2.05, 4.69) is 20.5 Å². The van der Waals surface area contributed by atoms with Gasteiger partial charge in [-0.3, -0.25) is 9.59 Å². The van der Waals surface area contributed by atoms with Crippen molar-refractivity contribution in [2.75, 3.05) is 0 Å². The van der Waals surface area contributed by atoms with Gasteiger partial charge in [-0.1, -0.05) is 0 Å². The number of carbonyl (C=O) groups excluding carboxylic acids is 1. The number of aromatic amines is 1. The normalized spacial score (nSPS) is 10.6. The van der Waals surface area contributed by atoms with Crippen LogP contribution in [0.25, 0.3) is 0 Å². The average Bonchev–Trinajstić information content (AvgIpc) is 2.41.